The van der Waals surface area contributed by atoms with Crippen LogP contribution in [0, 0.1) is 13.8 Å². The maximum Gasteiger partial charge on any atom is 0.264 e. The van der Waals surface area contributed by atoms with Gasteiger partial charge in [-0.15, -0.1) is 0 Å². The highest BCUT2D eigenvalue weighted by Gasteiger charge is 2.34. The number of carbonyl (C=O) groups is 2. The van der Waals surface area contributed by atoms with Crippen molar-refractivity contribution in [1.82, 2.24) is 10.2 Å². The number of hydrogen-bond donors (Lipinski definition) is 1. The Labute approximate surface area is 244 Å². The number of carbonyl (C=O) groups excluding carboxylic acids is 2. The minimum atomic E-state index is -4.15. The van der Waals surface area contributed by atoms with E-state index in [0.29, 0.717) is 12.2 Å². The molecular weight excluding hydrogens is 538 g/mol. The average Bonchev–Trinajstić information content (AvgIpc) is 2.96. The molecule has 0 saturated carbocycles. The van der Waals surface area contributed by atoms with Gasteiger partial charge in [0.1, 0.15) is 18.3 Å². The molecule has 41 heavy (non-hydrogen) atoms. The van der Waals surface area contributed by atoms with Gasteiger partial charge >= 0.3 is 0 Å². The zero-order chi connectivity index (χ0) is 30.2. The van der Waals surface area contributed by atoms with Crippen LogP contribution >= 0.6 is 0 Å². The van der Waals surface area contributed by atoms with E-state index in [1.807, 2.05) is 58.9 Å². The second kappa shape index (κ2) is 14.2. The summed E-state index contributed by atoms with van der Waals surface area (Å²) in [5, 5.41) is 2.99. The predicted octanol–water partition coefficient (Wildman–Crippen LogP) is 5.23. The predicted molar refractivity (Wildman–Crippen MR) is 162 cm³/mol. The maximum absolute atomic E-state index is 14.2. The summed E-state index contributed by atoms with van der Waals surface area (Å²) >= 11 is 0. The van der Waals surface area contributed by atoms with Crippen LogP contribution in [0.25, 0.3) is 0 Å². The minimum Gasteiger partial charge on any atom is -0.497 e. The van der Waals surface area contributed by atoms with E-state index in [2.05, 4.69) is 5.32 Å². The van der Waals surface area contributed by atoms with Gasteiger partial charge in [0.25, 0.3) is 10.0 Å². The molecule has 0 fully saturated rings. The lowest BCUT2D eigenvalue weighted by atomic mass is 10.1. The summed E-state index contributed by atoms with van der Waals surface area (Å²) < 4.78 is 34.4. The molecule has 3 rings (SSSR count). The van der Waals surface area contributed by atoms with Crippen LogP contribution in [0.3, 0.4) is 0 Å². The Morgan fingerprint density at radius 1 is 0.902 bits per heavy atom. The second-order valence-corrected chi connectivity index (χ2v) is 12.1. The van der Waals surface area contributed by atoms with E-state index in [1.54, 1.807) is 36.4 Å². The molecule has 0 saturated heterocycles. The molecule has 0 aliphatic heterocycles. The number of amides is 2. The fraction of sp³-hybridized carbons (Fsp3) is 0.375. The highest BCUT2D eigenvalue weighted by atomic mass is 32.2. The van der Waals surface area contributed by atoms with Crippen LogP contribution in [0.5, 0.6) is 5.75 Å². The number of ether oxygens (including phenoxy) is 1. The SMILES string of the molecule is CC[C@H](C)NC(=O)[C@H](CC)N(Cc1ccc(C)cc1)C(=O)CN(c1cccc(OC)c1)S(=O)(=O)c1ccc(C)cc1. The summed E-state index contributed by atoms with van der Waals surface area (Å²) in [7, 11) is -2.65. The number of benzene rings is 3. The van der Waals surface area contributed by atoms with E-state index in [4.69, 9.17) is 4.74 Å². The number of rotatable bonds is 13. The Hall–Kier alpha value is -3.85. The van der Waals surface area contributed by atoms with Gasteiger partial charge in [-0.1, -0.05) is 67.4 Å². The first-order valence-corrected chi connectivity index (χ1v) is 15.3. The molecular formula is C32H41N3O5S. The molecule has 3 aromatic rings. The molecule has 220 valence electrons. The summed E-state index contributed by atoms with van der Waals surface area (Å²) in [6, 6.07) is 19.9. The van der Waals surface area contributed by atoms with E-state index in [0.717, 1.165) is 27.4 Å². The number of nitrogens with one attached hydrogen (secondary N) is 1. The first kappa shape index (κ1) is 31.7. The monoisotopic (exact) mass is 579 g/mol. The van der Waals surface area contributed by atoms with E-state index in [1.165, 1.54) is 24.1 Å². The smallest absolute Gasteiger partial charge is 0.264 e. The fourth-order valence-corrected chi connectivity index (χ4v) is 5.79. The number of aryl methyl sites for hydroxylation is 2. The topological polar surface area (TPSA) is 96.0 Å². The molecule has 0 spiro atoms. The van der Waals surface area contributed by atoms with Gasteiger partial charge in [0.2, 0.25) is 11.8 Å². The van der Waals surface area contributed by atoms with Crippen molar-refractivity contribution in [3.63, 3.8) is 0 Å². The Bertz CT molecular complexity index is 1420. The van der Waals surface area contributed by atoms with Crippen molar-refractivity contribution in [2.75, 3.05) is 18.0 Å². The van der Waals surface area contributed by atoms with E-state index < -0.39 is 28.5 Å². The van der Waals surface area contributed by atoms with Crippen LogP contribution in [-0.4, -0.2) is 50.9 Å². The van der Waals surface area contributed by atoms with Crippen LogP contribution in [0.2, 0.25) is 0 Å². The average molecular weight is 580 g/mol. The molecule has 0 aromatic heterocycles. The first-order chi connectivity index (χ1) is 19.5. The van der Waals surface area contributed by atoms with Crippen LogP contribution in [-0.2, 0) is 26.2 Å². The molecule has 2 atom stereocenters. The van der Waals surface area contributed by atoms with Gasteiger partial charge in [-0.05, 0) is 63.4 Å². The Morgan fingerprint density at radius 2 is 1.51 bits per heavy atom. The van der Waals surface area contributed by atoms with Crippen LogP contribution in [0.4, 0.5) is 5.69 Å². The molecule has 8 nitrogen and oxygen atoms in total. The molecule has 1 N–H and O–H groups in total. The van der Waals surface area contributed by atoms with Gasteiger partial charge in [-0.3, -0.25) is 13.9 Å². The van der Waals surface area contributed by atoms with Crippen molar-refractivity contribution < 1.29 is 22.7 Å². The molecule has 0 heterocycles. The molecule has 2 amide bonds. The van der Waals surface area contributed by atoms with Crippen LogP contribution in [0.1, 0.15) is 50.3 Å². The lowest BCUT2D eigenvalue weighted by molar-refractivity contribution is -0.140. The van der Waals surface area contributed by atoms with Gasteiger partial charge < -0.3 is 15.0 Å². The quantitative estimate of drug-likeness (QED) is 0.299. The Balaban J connectivity index is 2.07. The fourth-order valence-electron chi connectivity index (χ4n) is 4.38. The molecule has 0 bridgehead atoms. The maximum atomic E-state index is 14.2. The molecule has 0 unspecified atom stereocenters. The number of hydrogen-bond acceptors (Lipinski definition) is 5. The lowest BCUT2D eigenvalue weighted by Gasteiger charge is -2.33. The molecule has 3 aromatic carbocycles. The normalized spacial score (nSPS) is 12.7. The number of methoxy groups -OCH3 is 1. The van der Waals surface area contributed by atoms with Crippen molar-refractivity contribution in [2.45, 2.75) is 71.0 Å². The zero-order valence-electron chi connectivity index (χ0n) is 24.8. The number of sulfonamides is 1. The molecule has 0 aliphatic carbocycles. The van der Waals surface area contributed by atoms with E-state index >= 15 is 0 Å². The number of anilines is 1. The standard InChI is InChI=1S/C32H41N3O5S/c1-7-25(5)33-32(37)30(8-2)34(21-26-16-12-23(3)13-17-26)31(36)22-35(27-10-9-11-28(20-27)40-6)41(38,39)29-18-14-24(4)15-19-29/h9-20,25,30H,7-8,21-22H2,1-6H3,(H,33,37)/t25-,30-/m0/s1. The van der Waals surface area contributed by atoms with Crippen molar-refractivity contribution >= 4 is 27.5 Å². The van der Waals surface area contributed by atoms with E-state index in [9.17, 15) is 18.0 Å². The minimum absolute atomic E-state index is 0.0605. The van der Waals surface area contributed by atoms with Crippen molar-refractivity contribution in [3.05, 3.63) is 89.5 Å². The third kappa shape index (κ3) is 8.10. The summed E-state index contributed by atoms with van der Waals surface area (Å²) in [4.78, 5) is 29.1. The van der Waals surface area contributed by atoms with Crippen LogP contribution in [0.15, 0.2) is 77.7 Å². The summed E-state index contributed by atoms with van der Waals surface area (Å²) in [5.41, 5.74) is 3.11. The second-order valence-electron chi connectivity index (χ2n) is 10.3. The third-order valence-electron chi connectivity index (χ3n) is 7.09. The summed E-state index contributed by atoms with van der Waals surface area (Å²) in [6.07, 6.45) is 1.11. The van der Waals surface area contributed by atoms with Crippen molar-refractivity contribution in [3.8, 4) is 5.75 Å². The first-order valence-electron chi connectivity index (χ1n) is 13.9. The Morgan fingerprint density at radius 3 is 2.07 bits per heavy atom. The summed E-state index contributed by atoms with van der Waals surface area (Å²) in [6.45, 7) is 9.24. The van der Waals surface area contributed by atoms with E-state index in [-0.39, 0.29) is 29.1 Å². The summed E-state index contributed by atoms with van der Waals surface area (Å²) in [5.74, 6) is -0.304. The highest BCUT2D eigenvalue weighted by Crippen LogP contribution is 2.28. The lowest BCUT2D eigenvalue weighted by Crippen LogP contribution is -2.53. The van der Waals surface area contributed by atoms with Crippen molar-refractivity contribution in [2.24, 2.45) is 0 Å². The highest BCUT2D eigenvalue weighted by molar-refractivity contribution is 7.92. The van der Waals surface area contributed by atoms with Gasteiger partial charge in [0.15, 0.2) is 0 Å². The third-order valence-corrected chi connectivity index (χ3v) is 8.88. The molecule has 9 heteroatoms. The van der Waals surface area contributed by atoms with Crippen molar-refractivity contribution in [1.29, 1.82) is 0 Å². The molecule has 0 aliphatic rings. The van der Waals surface area contributed by atoms with Gasteiger partial charge in [-0.25, -0.2) is 8.42 Å². The van der Waals surface area contributed by atoms with Gasteiger partial charge in [0, 0.05) is 18.7 Å². The zero-order valence-corrected chi connectivity index (χ0v) is 25.6. The van der Waals surface area contributed by atoms with Gasteiger partial charge in [-0.2, -0.15) is 0 Å². The largest absolute Gasteiger partial charge is 0.497 e. The van der Waals surface area contributed by atoms with Gasteiger partial charge in [0.05, 0.1) is 17.7 Å². The number of nitrogens with zero attached hydrogens (tertiary/aromatic N) is 2. The van der Waals surface area contributed by atoms with Crippen LogP contribution < -0.4 is 14.4 Å². The molecule has 0 radical (unpaired) electrons. The Kier molecular flexibility index (Phi) is 10.9.